The van der Waals surface area contributed by atoms with E-state index >= 15 is 0 Å². The highest BCUT2D eigenvalue weighted by molar-refractivity contribution is 5.85. The van der Waals surface area contributed by atoms with Crippen molar-refractivity contribution in [1.29, 1.82) is 0 Å². The summed E-state index contributed by atoms with van der Waals surface area (Å²) in [5.41, 5.74) is 6.23. The lowest BCUT2D eigenvalue weighted by atomic mass is 10.3. The van der Waals surface area contributed by atoms with Crippen LogP contribution >= 0.6 is 0 Å². The van der Waals surface area contributed by atoms with Crippen molar-refractivity contribution >= 4 is 17.5 Å². The molecule has 6 heteroatoms. The largest absolute Gasteiger partial charge is 0.493 e. The van der Waals surface area contributed by atoms with Crippen LogP contribution < -0.4 is 15.8 Å². The first-order valence-electron chi connectivity index (χ1n) is 6.18. The van der Waals surface area contributed by atoms with Crippen LogP contribution in [0.1, 0.15) is 6.42 Å². The molecule has 0 aromatic heterocycles. The van der Waals surface area contributed by atoms with Crippen molar-refractivity contribution in [3.8, 4) is 5.75 Å². The molecule has 1 aliphatic heterocycles. The molecule has 1 fully saturated rings. The Balaban J connectivity index is 1.74. The van der Waals surface area contributed by atoms with E-state index in [9.17, 15) is 9.59 Å². The van der Waals surface area contributed by atoms with Crippen LogP contribution in [0.2, 0.25) is 0 Å². The van der Waals surface area contributed by atoms with Gasteiger partial charge in [-0.05, 0) is 24.3 Å². The van der Waals surface area contributed by atoms with Gasteiger partial charge in [0.25, 0.3) is 0 Å². The molecule has 2 rings (SSSR count). The maximum Gasteiger partial charge on any atom is 0.239 e. The van der Waals surface area contributed by atoms with Gasteiger partial charge < -0.3 is 20.7 Å². The van der Waals surface area contributed by atoms with Crippen molar-refractivity contribution in [2.45, 2.75) is 6.42 Å². The summed E-state index contributed by atoms with van der Waals surface area (Å²) in [5, 5.41) is 2.68. The Kier molecular flexibility index (Phi) is 4.22. The third kappa shape index (κ3) is 3.87. The molecule has 0 atom stereocenters. The molecule has 0 bridgehead atoms. The van der Waals surface area contributed by atoms with Gasteiger partial charge in [0.15, 0.2) is 0 Å². The van der Waals surface area contributed by atoms with Gasteiger partial charge in [-0.3, -0.25) is 9.59 Å². The Morgan fingerprint density at radius 2 is 2.11 bits per heavy atom. The Morgan fingerprint density at radius 1 is 1.37 bits per heavy atom. The number of nitrogen functional groups attached to an aromatic ring is 1. The van der Waals surface area contributed by atoms with E-state index in [1.54, 1.807) is 29.2 Å². The van der Waals surface area contributed by atoms with Crippen molar-refractivity contribution < 1.29 is 14.3 Å². The second-order valence-corrected chi connectivity index (χ2v) is 4.33. The zero-order valence-electron chi connectivity index (χ0n) is 10.6. The minimum Gasteiger partial charge on any atom is -0.493 e. The molecule has 3 N–H and O–H groups in total. The number of carbonyl (C=O) groups excluding carboxylic acids is 2. The fourth-order valence-electron chi connectivity index (χ4n) is 1.83. The summed E-state index contributed by atoms with van der Waals surface area (Å²) in [7, 11) is 0. The van der Waals surface area contributed by atoms with Crippen LogP contribution in [-0.2, 0) is 9.59 Å². The summed E-state index contributed by atoms with van der Waals surface area (Å²) in [6, 6.07) is 7.00. The van der Waals surface area contributed by atoms with Crippen LogP contribution in [-0.4, -0.2) is 43.0 Å². The van der Waals surface area contributed by atoms with Gasteiger partial charge >= 0.3 is 0 Å². The topological polar surface area (TPSA) is 84.7 Å². The Morgan fingerprint density at radius 3 is 2.79 bits per heavy atom. The van der Waals surface area contributed by atoms with E-state index in [0.29, 0.717) is 31.1 Å². The van der Waals surface area contributed by atoms with Crippen LogP contribution in [0.15, 0.2) is 24.3 Å². The molecule has 1 saturated heterocycles. The number of ether oxygens (including phenoxy) is 1. The molecule has 102 valence electrons. The number of carbonyl (C=O) groups is 2. The molecule has 19 heavy (non-hydrogen) atoms. The summed E-state index contributed by atoms with van der Waals surface area (Å²) in [4.78, 5) is 24.5. The second kappa shape index (κ2) is 6.08. The molecule has 1 aromatic carbocycles. The van der Waals surface area contributed by atoms with Crippen LogP contribution in [0.25, 0.3) is 0 Å². The molecule has 1 aromatic rings. The van der Waals surface area contributed by atoms with Crippen molar-refractivity contribution in [2.75, 3.05) is 32.0 Å². The molecule has 0 unspecified atom stereocenters. The van der Waals surface area contributed by atoms with E-state index in [1.165, 1.54) is 0 Å². The van der Waals surface area contributed by atoms with Crippen molar-refractivity contribution in [3.05, 3.63) is 24.3 Å². The standard InChI is InChI=1S/C13H17N3O3/c14-10-1-3-11(4-2-10)19-8-5-13(18)16-7-6-15-12(17)9-16/h1-4H,5-9,14H2,(H,15,17). The summed E-state index contributed by atoms with van der Waals surface area (Å²) in [5.74, 6) is 0.503. The van der Waals surface area contributed by atoms with Gasteiger partial charge in [-0.2, -0.15) is 0 Å². The summed E-state index contributed by atoms with van der Waals surface area (Å²) in [6.07, 6.45) is 0.262. The highest BCUT2D eigenvalue weighted by Gasteiger charge is 2.20. The molecular formula is C13H17N3O3. The molecule has 0 saturated carbocycles. The van der Waals surface area contributed by atoms with Gasteiger partial charge in [-0.15, -0.1) is 0 Å². The molecule has 1 aliphatic rings. The van der Waals surface area contributed by atoms with Crippen molar-refractivity contribution in [1.82, 2.24) is 10.2 Å². The Labute approximate surface area is 111 Å². The molecule has 0 spiro atoms. The molecule has 0 radical (unpaired) electrons. The first-order chi connectivity index (χ1) is 9.15. The van der Waals surface area contributed by atoms with Gasteiger partial charge in [0.2, 0.25) is 11.8 Å². The highest BCUT2D eigenvalue weighted by atomic mass is 16.5. The monoisotopic (exact) mass is 263 g/mol. The number of nitrogens with two attached hydrogens (primary N) is 1. The van der Waals surface area contributed by atoms with E-state index in [4.69, 9.17) is 10.5 Å². The number of amides is 2. The smallest absolute Gasteiger partial charge is 0.239 e. The maximum atomic E-state index is 11.8. The maximum absolute atomic E-state index is 11.8. The second-order valence-electron chi connectivity index (χ2n) is 4.33. The van der Waals surface area contributed by atoms with Gasteiger partial charge in [0, 0.05) is 18.8 Å². The third-order valence-corrected chi connectivity index (χ3v) is 2.86. The third-order valence-electron chi connectivity index (χ3n) is 2.86. The minimum absolute atomic E-state index is 0.0645. The van der Waals surface area contributed by atoms with E-state index in [0.717, 1.165) is 0 Å². The Bertz CT molecular complexity index is 459. The van der Waals surface area contributed by atoms with E-state index in [1.807, 2.05) is 0 Å². The predicted octanol–water partition coefficient (Wildman–Crippen LogP) is -0.00390. The molecule has 1 heterocycles. The van der Waals surface area contributed by atoms with Crippen molar-refractivity contribution in [3.63, 3.8) is 0 Å². The summed E-state index contributed by atoms with van der Waals surface area (Å²) >= 11 is 0. The highest BCUT2D eigenvalue weighted by Crippen LogP contribution is 2.13. The molecular weight excluding hydrogens is 246 g/mol. The van der Waals surface area contributed by atoms with Crippen LogP contribution in [0.5, 0.6) is 5.75 Å². The summed E-state index contributed by atoms with van der Waals surface area (Å²) < 4.78 is 5.45. The normalized spacial score (nSPS) is 14.9. The number of nitrogens with one attached hydrogen (secondary N) is 1. The molecule has 0 aliphatic carbocycles. The molecule has 6 nitrogen and oxygen atoms in total. The summed E-state index contributed by atoms with van der Waals surface area (Å²) in [6.45, 7) is 1.51. The SMILES string of the molecule is Nc1ccc(OCCC(=O)N2CCNC(=O)C2)cc1. The zero-order chi connectivity index (χ0) is 13.7. The van der Waals surface area contributed by atoms with Gasteiger partial charge in [0.05, 0.1) is 19.6 Å². The zero-order valence-corrected chi connectivity index (χ0v) is 10.6. The first-order valence-corrected chi connectivity index (χ1v) is 6.18. The van der Waals surface area contributed by atoms with E-state index in [-0.39, 0.29) is 24.8 Å². The Hall–Kier alpha value is -2.24. The first kappa shape index (κ1) is 13.2. The number of benzene rings is 1. The lowest BCUT2D eigenvalue weighted by Gasteiger charge is -2.26. The quantitative estimate of drug-likeness (QED) is 0.749. The number of hydrogen-bond acceptors (Lipinski definition) is 4. The average molecular weight is 263 g/mol. The average Bonchev–Trinajstić information content (AvgIpc) is 2.41. The predicted molar refractivity (Wildman–Crippen MR) is 70.6 cm³/mol. The fraction of sp³-hybridized carbons (Fsp3) is 0.385. The number of hydrogen-bond donors (Lipinski definition) is 2. The van der Waals surface area contributed by atoms with E-state index in [2.05, 4.69) is 5.32 Å². The van der Waals surface area contributed by atoms with E-state index < -0.39 is 0 Å². The van der Waals surface area contributed by atoms with Gasteiger partial charge in [-0.1, -0.05) is 0 Å². The van der Waals surface area contributed by atoms with Crippen LogP contribution in [0.4, 0.5) is 5.69 Å². The number of piperazine rings is 1. The van der Waals surface area contributed by atoms with Crippen LogP contribution in [0.3, 0.4) is 0 Å². The van der Waals surface area contributed by atoms with Crippen LogP contribution in [0, 0.1) is 0 Å². The fourth-order valence-corrected chi connectivity index (χ4v) is 1.83. The minimum atomic E-state index is -0.112. The number of nitrogens with zero attached hydrogens (tertiary/aromatic N) is 1. The number of rotatable bonds is 4. The molecule has 2 amide bonds. The van der Waals surface area contributed by atoms with Crippen molar-refractivity contribution in [2.24, 2.45) is 0 Å². The lowest BCUT2D eigenvalue weighted by molar-refractivity contribution is -0.138. The van der Waals surface area contributed by atoms with Gasteiger partial charge in [-0.25, -0.2) is 0 Å². The van der Waals surface area contributed by atoms with Gasteiger partial charge in [0.1, 0.15) is 5.75 Å². The number of anilines is 1. The lowest BCUT2D eigenvalue weighted by Crippen LogP contribution is -2.50.